The van der Waals surface area contributed by atoms with Gasteiger partial charge in [0.25, 0.3) is 0 Å². The molecule has 0 aromatic heterocycles. The molecule has 1 aliphatic heterocycles. The van der Waals surface area contributed by atoms with Crippen molar-refractivity contribution in [2.45, 2.75) is 39.8 Å². The van der Waals surface area contributed by atoms with Crippen LogP contribution in [0.15, 0.2) is 4.99 Å². The third kappa shape index (κ3) is 1.62. The number of nitrogens with zero attached hydrogens (tertiary/aromatic N) is 2. The Bertz CT molecular complexity index is 173. The van der Waals surface area contributed by atoms with Crippen molar-refractivity contribution < 1.29 is 0 Å². The predicted molar refractivity (Wildman–Crippen MR) is 53.5 cm³/mol. The van der Waals surface area contributed by atoms with E-state index in [0.29, 0.717) is 23.9 Å². The van der Waals surface area contributed by atoms with E-state index in [2.05, 4.69) is 44.6 Å². The molecule has 0 saturated carbocycles. The van der Waals surface area contributed by atoms with Crippen molar-refractivity contribution in [1.29, 1.82) is 0 Å². The Morgan fingerprint density at radius 2 is 1.75 bits per heavy atom. The SMILES string of the molecule is CC(C)C1N=CN(C)C1C(C)C. The van der Waals surface area contributed by atoms with Crippen molar-refractivity contribution >= 4 is 6.34 Å². The number of hydrogen-bond donors (Lipinski definition) is 0. The largest absolute Gasteiger partial charge is 0.361 e. The molecular weight excluding hydrogens is 148 g/mol. The molecule has 1 heterocycles. The third-order valence-electron chi connectivity index (χ3n) is 2.61. The molecule has 2 unspecified atom stereocenters. The van der Waals surface area contributed by atoms with Gasteiger partial charge in [0.2, 0.25) is 0 Å². The minimum absolute atomic E-state index is 0.495. The summed E-state index contributed by atoms with van der Waals surface area (Å²) in [5.41, 5.74) is 0. The molecule has 0 aliphatic carbocycles. The van der Waals surface area contributed by atoms with Gasteiger partial charge >= 0.3 is 0 Å². The molecule has 0 bridgehead atoms. The van der Waals surface area contributed by atoms with Crippen LogP contribution in [0.25, 0.3) is 0 Å². The van der Waals surface area contributed by atoms with Crippen LogP contribution in [0.2, 0.25) is 0 Å². The van der Waals surface area contributed by atoms with Gasteiger partial charge in [0.05, 0.1) is 18.4 Å². The molecule has 0 radical (unpaired) electrons. The highest BCUT2D eigenvalue weighted by Gasteiger charge is 2.32. The average Bonchev–Trinajstić information content (AvgIpc) is 2.30. The molecule has 0 spiro atoms. The molecule has 0 aromatic rings. The van der Waals surface area contributed by atoms with Gasteiger partial charge in [-0.25, -0.2) is 0 Å². The lowest BCUT2D eigenvalue weighted by molar-refractivity contribution is 0.245. The van der Waals surface area contributed by atoms with Gasteiger partial charge < -0.3 is 4.90 Å². The minimum Gasteiger partial charge on any atom is -0.361 e. The number of rotatable bonds is 2. The van der Waals surface area contributed by atoms with Crippen molar-refractivity contribution in [3.8, 4) is 0 Å². The van der Waals surface area contributed by atoms with E-state index in [4.69, 9.17) is 0 Å². The minimum atomic E-state index is 0.495. The molecule has 2 heteroatoms. The quantitative estimate of drug-likeness (QED) is 0.616. The number of hydrogen-bond acceptors (Lipinski definition) is 2. The van der Waals surface area contributed by atoms with Gasteiger partial charge in [0, 0.05) is 7.05 Å². The van der Waals surface area contributed by atoms with Gasteiger partial charge in [-0.3, -0.25) is 4.99 Å². The van der Waals surface area contributed by atoms with Gasteiger partial charge in [-0.05, 0) is 11.8 Å². The Hall–Kier alpha value is -0.530. The molecule has 2 atom stereocenters. The van der Waals surface area contributed by atoms with E-state index in [-0.39, 0.29) is 0 Å². The van der Waals surface area contributed by atoms with Gasteiger partial charge in [0.15, 0.2) is 0 Å². The fourth-order valence-corrected chi connectivity index (χ4v) is 2.02. The van der Waals surface area contributed by atoms with Crippen molar-refractivity contribution in [2.24, 2.45) is 16.8 Å². The molecule has 2 nitrogen and oxygen atoms in total. The second-order valence-electron chi connectivity index (χ2n) is 4.40. The van der Waals surface area contributed by atoms with Crippen LogP contribution in [0.4, 0.5) is 0 Å². The van der Waals surface area contributed by atoms with Crippen LogP contribution in [0.3, 0.4) is 0 Å². The molecule has 0 saturated heterocycles. The first-order valence-corrected chi connectivity index (χ1v) is 4.79. The van der Waals surface area contributed by atoms with Gasteiger partial charge in [-0.15, -0.1) is 0 Å². The number of likely N-dealkylation sites (N-methyl/N-ethyl adjacent to an activating group) is 1. The highest BCUT2D eigenvalue weighted by atomic mass is 15.2. The van der Waals surface area contributed by atoms with E-state index in [1.807, 2.05) is 6.34 Å². The molecule has 12 heavy (non-hydrogen) atoms. The van der Waals surface area contributed by atoms with Crippen LogP contribution in [-0.2, 0) is 0 Å². The van der Waals surface area contributed by atoms with E-state index >= 15 is 0 Å². The van der Waals surface area contributed by atoms with Gasteiger partial charge in [0.1, 0.15) is 0 Å². The Morgan fingerprint density at radius 3 is 2.08 bits per heavy atom. The van der Waals surface area contributed by atoms with E-state index in [1.54, 1.807) is 0 Å². The Balaban J connectivity index is 2.69. The Morgan fingerprint density at radius 1 is 1.17 bits per heavy atom. The van der Waals surface area contributed by atoms with Crippen LogP contribution in [0.5, 0.6) is 0 Å². The topological polar surface area (TPSA) is 15.6 Å². The number of aliphatic imine (C=N–C) groups is 1. The summed E-state index contributed by atoms with van der Waals surface area (Å²) in [6.45, 7) is 9.03. The zero-order valence-corrected chi connectivity index (χ0v) is 8.78. The smallest absolute Gasteiger partial charge is 0.0855 e. The fourth-order valence-electron chi connectivity index (χ4n) is 2.02. The van der Waals surface area contributed by atoms with Crippen molar-refractivity contribution in [2.75, 3.05) is 7.05 Å². The van der Waals surface area contributed by atoms with E-state index < -0.39 is 0 Å². The van der Waals surface area contributed by atoms with E-state index in [1.165, 1.54) is 0 Å². The lowest BCUT2D eigenvalue weighted by Gasteiger charge is -2.30. The highest BCUT2D eigenvalue weighted by molar-refractivity contribution is 5.58. The first-order chi connectivity index (χ1) is 5.54. The van der Waals surface area contributed by atoms with Crippen molar-refractivity contribution in [1.82, 2.24) is 4.90 Å². The maximum Gasteiger partial charge on any atom is 0.0855 e. The van der Waals surface area contributed by atoms with Crippen LogP contribution in [0.1, 0.15) is 27.7 Å². The van der Waals surface area contributed by atoms with Gasteiger partial charge in [-0.2, -0.15) is 0 Å². The summed E-state index contributed by atoms with van der Waals surface area (Å²) in [5, 5.41) is 0. The zero-order valence-electron chi connectivity index (χ0n) is 8.78. The first-order valence-electron chi connectivity index (χ1n) is 4.79. The summed E-state index contributed by atoms with van der Waals surface area (Å²) >= 11 is 0. The summed E-state index contributed by atoms with van der Waals surface area (Å²) in [6, 6.07) is 1.10. The average molecular weight is 168 g/mol. The van der Waals surface area contributed by atoms with Crippen LogP contribution < -0.4 is 0 Å². The van der Waals surface area contributed by atoms with E-state index in [9.17, 15) is 0 Å². The lowest BCUT2D eigenvalue weighted by atomic mass is 9.90. The predicted octanol–water partition coefficient (Wildman–Crippen LogP) is 2.01. The Kier molecular flexibility index (Phi) is 2.76. The molecule has 0 aromatic carbocycles. The van der Waals surface area contributed by atoms with Crippen LogP contribution >= 0.6 is 0 Å². The Labute approximate surface area is 75.7 Å². The lowest BCUT2D eigenvalue weighted by Crippen LogP contribution is -2.40. The third-order valence-corrected chi connectivity index (χ3v) is 2.61. The standard InChI is InChI=1S/C10H20N2/c1-7(2)9-10(8(3)4)12(5)6-11-9/h6-10H,1-5H3. The molecular formula is C10H20N2. The summed E-state index contributed by atoms with van der Waals surface area (Å²) in [5.74, 6) is 1.34. The van der Waals surface area contributed by atoms with E-state index in [0.717, 1.165) is 0 Å². The maximum absolute atomic E-state index is 4.52. The molecule has 1 rings (SSSR count). The van der Waals surface area contributed by atoms with Crippen LogP contribution in [0, 0.1) is 11.8 Å². The zero-order chi connectivity index (χ0) is 9.30. The monoisotopic (exact) mass is 168 g/mol. The van der Waals surface area contributed by atoms with Crippen molar-refractivity contribution in [3.63, 3.8) is 0 Å². The summed E-state index contributed by atoms with van der Waals surface area (Å²) in [4.78, 5) is 6.77. The highest BCUT2D eigenvalue weighted by Crippen LogP contribution is 2.24. The second kappa shape index (κ2) is 3.46. The molecule has 1 aliphatic rings. The molecule has 0 N–H and O–H groups in total. The maximum atomic E-state index is 4.52. The summed E-state index contributed by atoms with van der Waals surface area (Å²) in [6.07, 6.45) is 1.98. The van der Waals surface area contributed by atoms with Crippen LogP contribution in [-0.4, -0.2) is 30.4 Å². The summed E-state index contributed by atoms with van der Waals surface area (Å²) < 4.78 is 0. The summed E-state index contributed by atoms with van der Waals surface area (Å²) in [7, 11) is 2.12. The first kappa shape index (κ1) is 9.56. The molecule has 0 amide bonds. The van der Waals surface area contributed by atoms with Crippen molar-refractivity contribution in [3.05, 3.63) is 0 Å². The molecule has 70 valence electrons. The normalized spacial score (nSPS) is 29.4. The van der Waals surface area contributed by atoms with Gasteiger partial charge in [-0.1, -0.05) is 27.7 Å². The second-order valence-corrected chi connectivity index (χ2v) is 4.40. The molecule has 0 fully saturated rings. The fraction of sp³-hybridized carbons (Fsp3) is 0.900.